The monoisotopic (exact) mass is 406 g/mol. The fourth-order valence-corrected chi connectivity index (χ4v) is 3.27. The molecule has 3 rings (SSSR count). The first-order valence-electron chi connectivity index (χ1n) is 7.40. The number of benzene rings is 1. The number of aryl methyl sites for hydroxylation is 2. The predicted molar refractivity (Wildman–Crippen MR) is 95.9 cm³/mol. The molecule has 3 aromatic rings. The van der Waals surface area contributed by atoms with Crippen molar-refractivity contribution in [1.29, 1.82) is 0 Å². The van der Waals surface area contributed by atoms with Gasteiger partial charge in [0.15, 0.2) is 11.0 Å². The number of hydrogen-bond donors (Lipinski definition) is 1. The third-order valence-electron chi connectivity index (χ3n) is 3.24. The highest BCUT2D eigenvalue weighted by molar-refractivity contribution is 9.10. The summed E-state index contributed by atoms with van der Waals surface area (Å²) in [6.45, 7) is 1.77. The molecule has 1 amide bonds. The summed E-state index contributed by atoms with van der Waals surface area (Å²) in [5.41, 5.74) is 1.85. The van der Waals surface area contributed by atoms with Crippen LogP contribution in [0.2, 0.25) is 0 Å². The molecule has 6 nitrogen and oxygen atoms in total. The molecular formula is C16H15BrN4O2S. The standard InChI is InChI=1S/C16H15BrN4O2S/c1-10-18-15(23-21-10)7-3-6-14(22)20-16-19-13(9-24-16)11-4-2-5-12(17)8-11/h2,4-5,8-9H,3,6-7H2,1H3,(H,19,20,22). The zero-order valence-corrected chi connectivity index (χ0v) is 15.4. The van der Waals surface area contributed by atoms with Crippen LogP contribution in [-0.2, 0) is 11.2 Å². The Kier molecular flexibility index (Phi) is 5.37. The highest BCUT2D eigenvalue weighted by Gasteiger charge is 2.09. The van der Waals surface area contributed by atoms with Crippen LogP contribution in [0.1, 0.15) is 24.6 Å². The molecule has 8 heteroatoms. The molecule has 0 radical (unpaired) electrons. The van der Waals surface area contributed by atoms with Crippen molar-refractivity contribution in [3.05, 3.63) is 45.8 Å². The number of anilines is 1. The van der Waals surface area contributed by atoms with Crippen molar-refractivity contribution in [2.45, 2.75) is 26.2 Å². The summed E-state index contributed by atoms with van der Waals surface area (Å²) in [7, 11) is 0. The number of carbonyl (C=O) groups excluding carboxylic acids is 1. The van der Waals surface area contributed by atoms with Crippen LogP contribution in [0.25, 0.3) is 11.3 Å². The summed E-state index contributed by atoms with van der Waals surface area (Å²) in [5, 5.41) is 9.08. The van der Waals surface area contributed by atoms with Gasteiger partial charge in [-0.25, -0.2) is 4.98 Å². The van der Waals surface area contributed by atoms with Crippen LogP contribution in [-0.4, -0.2) is 21.0 Å². The van der Waals surface area contributed by atoms with Crippen LogP contribution >= 0.6 is 27.3 Å². The van der Waals surface area contributed by atoms with E-state index in [0.717, 1.165) is 15.7 Å². The second-order valence-corrected chi connectivity index (χ2v) is 6.96. The van der Waals surface area contributed by atoms with Crippen LogP contribution in [0, 0.1) is 6.92 Å². The maximum absolute atomic E-state index is 12.0. The van der Waals surface area contributed by atoms with Gasteiger partial charge in [0.05, 0.1) is 5.69 Å². The van der Waals surface area contributed by atoms with E-state index in [0.29, 0.717) is 36.1 Å². The van der Waals surface area contributed by atoms with Crippen molar-refractivity contribution >= 4 is 38.3 Å². The van der Waals surface area contributed by atoms with Crippen LogP contribution < -0.4 is 5.32 Å². The maximum atomic E-state index is 12.0. The Bertz CT molecular complexity index is 846. The average molecular weight is 407 g/mol. The van der Waals surface area contributed by atoms with Crippen LogP contribution in [0.4, 0.5) is 5.13 Å². The van der Waals surface area contributed by atoms with Gasteiger partial charge in [-0.3, -0.25) is 4.79 Å². The summed E-state index contributed by atoms with van der Waals surface area (Å²) < 4.78 is 6.01. The third-order valence-corrected chi connectivity index (χ3v) is 4.49. The number of rotatable bonds is 6. The Balaban J connectivity index is 1.51. The second kappa shape index (κ2) is 7.67. The molecule has 0 fully saturated rings. The van der Waals surface area contributed by atoms with E-state index in [2.05, 4.69) is 36.4 Å². The highest BCUT2D eigenvalue weighted by atomic mass is 79.9. The van der Waals surface area contributed by atoms with Gasteiger partial charge in [-0.15, -0.1) is 11.3 Å². The van der Waals surface area contributed by atoms with Crippen molar-refractivity contribution in [3.63, 3.8) is 0 Å². The zero-order valence-electron chi connectivity index (χ0n) is 13.0. The van der Waals surface area contributed by atoms with Crippen LogP contribution in [0.5, 0.6) is 0 Å². The molecule has 0 saturated carbocycles. The summed E-state index contributed by atoms with van der Waals surface area (Å²) in [6, 6.07) is 7.89. The Morgan fingerprint density at radius 3 is 3.00 bits per heavy atom. The number of hydrogen-bond acceptors (Lipinski definition) is 6. The van der Waals surface area contributed by atoms with Gasteiger partial charge in [0.1, 0.15) is 0 Å². The van der Waals surface area contributed by atoms with Gasteiger partial charge < -0.3 is 9.84 Å². The van der Waals surface area contributed by atoms with E-state index < -0.39 is 0 Å². The van der Waals surface area contributed by atoms with E-state index in [1.165, 1.54) is 11.3 Å². The van der Waals surface area contributed by atoms with Gasteiger partial charge in [-0.1, -0.05) is 33.2 Å². The van der Waals surface area contributed by atoms with Crippen LogP contribution in [0.3, 0.4) is 0 Å². The summed E-state index contributed by atoms with van der Waals surface area (Å²) >= 11 is 4.86. The number of amides is 1. The highest BCUT2D eigenvalue weighted by Crippen LogP contribution is 2.26. The van der Waals surface area contributed by atoms with E-state index >= 15 is 0 Å². The minimum Gasteiger partial charge on any atom is -0.339 e. The molecule has 0 atom stereocenters. The lowest BCUT2D eigenvalue weighted by Gasteiger charge is -2.00. The lowest BCUT2D eigenvalue weighted by Crippen LogP contribution is -2.11. The van der Waals surface area contributed by atoms with E-state index in [1.54, 1.807) is 6.92 Å². The Morgan fingerprint density at radius 1 is 1.38 bits per heavy atom. The molecule has 0 unspecified atom stereocenters. The Labute approximate surface area is 151 Å². The van der Waals surface area contributed by atoms with E-state index in [1.807, 2.05) is 29.6 Å². The number of thiazole rings is 1. The molecule has 0 saturated heterocycles. The van der Waals surface area contributed by atoms with Crippen molar-refractivity contribution in [3.8, 4) is 11.3 Å². The summed E-state index contributed by atoms with van der Waals surface area (Å²) in [4.78, 5) is 20.6. The van der Waals surface area contributed by atoms with Gasteiger partial charge in [-0.05, 0) is 25.5 Å². The van der Waals surface area contributed by atoms with E-state index in [-0.39, 0.29) is 5.91 Å². The lowest BCUT2D eigenvalue weighted by atomic mass is 10.2. The van der Waals surface area contributed by atoms with Crippen molar-refractivity contribution < 1.29 is 9.32 Å². The molecule has 1 N–H and O–H groups in total. The van der Waals surface area contributed by atoms with Crippen molar-refractivity contribution in [2.75, 3.05) is 5.32 Å². The first-order valence-corrected chi connectivity index (χ1v) is 9.08. The quantitative estimate of drug-likeness (QED) is 0.662. The fourth-order valence-electron chi connectivity index (χ4n) is 2.14. The van der Waals surface area contributed by atoms with Gasteiger partial charge in [0, 0.05) is 28.3 Å². The van der Waals surface area contributed by atoms with E-state index in [9.17, 15) is 4.79 Å². The maximum Gasteiger partial charge on any atom is 0.226 e. The van der Waals surface area contributed by atoms with Crippen LogP contribution in [0.15, 0.2) is 38.6 Å². The zero-order chi connectivity index (χ0) is 16.9. The molecule has 0 spiro atoms. The first-order chi connectivity index (χ1) is 11.6. The molecule has 0 aliphatic carbocycles. The average Bonchev–Trinajstić information content (AvgIpc) is 3.17. The minimum atomic E-state index is -0.0682. The third kappa shape index (κ3) is 4.48. The van der Waals surface area contributed by atoms with Gasteiger partial charge in [-0.2, -0.15) is 4.98 Å². The summed E-state index contributed by atoms with van der Waals surface area (Å²) in [6.07, 6.45) is 1.62. The van der Waals surface area contributed by atoms with Gasteiger partial charge in [0.2, 0.25) is 11.8 Å². The molecule has 2 heterocycles. The number of aromatic nitrogens is 3. The largest absolute Gasteiger partial charge is 0.339 e. The predicted octanol–water partition coefficient (Wildman–Crippen LogP) is 4.23. The molecule has 0 aliphatic rings. The molecule has 24 heavy (non-hydrogen) atoms. The van der Waals surface area contributed by atoms with Crippen molar-refractivity contribution in [1.82, 2.24) is 15.1 Å². The number of carbonyl (C=O) groups is 1. The SMILES string of the molecule is Cc1noc(CCCC(=O)Nc2nc(-c3cccc(Br)c3)cs2)n1. The smallest absolute Gasteiger partial charge is 0.226 e. The topological polar surface area (TPSA) is 80.9 Å². The number of halogens is 1. The fraction of sp³-hybridized carbons (Fsp3) is 0.250. The Hall–Kier alpha value is -2.06. The summed E-state index contributed by atoms with van der Waals surface area (Å²) in [5.74, 6) is 1.10. The molecular weight excluding hydrogens is 392 g/mol. The molecule has 2 aromatic heterocycles. The van der Waals surface area contributed by atoms with Gasteiger partial charge >= 0.3 is 0 Å². The van der Waals surface area contributed by atoms with Gasteiger partial charge in [0.25, 0.3) is 0 Å². The second-order valence-electron chi connectivity index (χ2n) is 5.19. The molecule has 124 valence electrons. The molecule has 0 aliphatic heterocycles. The van der Waals surface area contributed by atoms with Crippen molar-refractivity contribution in [2.24, 2.45) is 0 Å². The number of nitrogens with one attached hydrogen (secondary N) is 1. The number of nitrogens with zero attached hydrogens (tertiary/aromatic N) is 3. The minimum absolute atomic E-state index is 0.0682. The first kappa shape index (κ1) is 16.8. The van der Waals surface area contributed by atoms with E-state index in [4.69, 9.17) is 4.52 Å². The molecule has 0 bridgehead atoms. The molecule has 1 aromatic carbocycles. The lowest BCUT2D eigenvalue weighted by molar-refractivity contribution is -0.116. The normalized spacial score (nSPS) is 10.8. The Morgan fingerprint density at radius 2 is 2.25 bits per heavy atom.